The number of hydrogen-bond acceptors (Lipinski definition) is 2. The maximum absolute atomic E-state index is 6.35. The number of nitrogens with two attached hydrogens (primary N) is 1. The predicted octanol–water partition coefficient (Wildman–Crippen LogP) is 4.12. The summed E-state index contributed by atoms with van der Waals surface area (Å²) < 4.78 is 6.43. The summed E-state index contributed by atoms with van der Waals surface area (Å²) in [5.41, 5.74) is 10.8. The molecule has 0 aliphatic rings. The molecule has 0 aliphatic heterocycles. The van der Waals surface area contributed by atoms with Crippen LogP contribution in [0.2, 0.25) is 0 Å². The number of methoxy groups -OCH3 is 1. The Morgan fingerprint density at radius 1 is 1.05 bits per heavy atom. The summed E-state index contributed by atoms with van der Waals surface area (Å²) in [5, 5.41) is 0. The van der Waals surface area contributed by atoms with E-state index in [1.165, 1.54) is 0 Å². The van der Waals surface area contributed by atoms with E-state index in [2.05, 4.69) is 34.1 Å². The molecule has 0 fully saturated rings. The van der Waals surface area contributed by atoms with Crippen molar-refractivity contribution in [2.75, 3.05) is 7.11 Å². The van der Waals surface area contributed by atoms with Crippen LogP contribution in [0.15, 0.2) is 40.9 Å². The van der Waals surface area contributed by atoms with Gasteiger partial charge >= 0.3 is 0 Å². The second-order valence-corrected chi connectivity index (χ2v) is 5.64. The monoisotopic (exact) mass is 319 g/mol. The van der Waals surface area contributed by atoms with Gasteiger partial charge in [-0.1, -0.05) is 40.2 Å². The zero-order valence-electron chi connectivity index (χ0n) is 11.4. The van der Waals surface area contributed by atoms with Gasteiger partial charge in [-0.05, 0) is 48.2 Å². The van der Waals surface area contributed by atoms with E-state index in [-0.39, 0.29) is 6.04 Å². The average molecular weight is 320 g/mol. The summed E-state index contributed by atoms with van der Waals surface area (Å²) in [5.74, 6) is 0.935. The third-order valence-electron chi connectivity index (χ3n) is 3.25. The van der Waals surface area contributed by atoms with Crippen molar-refractivity contribution in [1.82, 2.24) is 0 Å². The van der Waals surface area contributed by atoms with E-state index in [1.807, 2.05) is 32.0 Å². The van der Waals surface area contributed by atoms with Gasteiger partial charge in [0.15, 0.2) is 0 Å². The minimum atomic E-state index is -0.124. The fourth-order valence-corrected chi connectivity index (χ4v) is 2.79. The van der Waals surface area contributed by atoms with Crippen molar-refractivity contribution >= 4 is 15.9 Å². The number of rotatable bonds is 3. The Balaban J connectivity index is 2.42. The van der Waals surface area contributed by atoms with Gasteiger partial charge in [-0.25, -0.2) is 0 Å². The number of aryl methyl sites for hydroxylation is 2. The van der Waals surface area contributed by atoms with Crippen LogP contribution in [0.3, 0.4) is 0 Å². The standard InChI is InChI=1S/C16H18BrNO/c1-10-7-13(8-11(2)16(10)19-3)15(18)12-5-4-6-14(17)9-12/h4-9,15H,18H2,1-3H3. The van der Waals surface area contributed by atoms with E-state index in [4.69, 9.17) is 10.5 Å². The summed E-state index contributed by atoms with van der Waals surface area (Å²) in [6.45, 7) is 4.09. The Labute approximate surface area is 122 Å². The summed E-state index contributed by atoms with van der Waals surface area (Å²) in [6.07, 6.45) is 0. The zero-order chi connectivity index (χ0) is 14.0. The highest BCUT2D eigenvalue weighted by molar-refractivity contribution is 9.10. The van der Waals surface area contributed by atoms with Crippen molar-refractivity contribution in [3.8, 4) is 5.75 Å². The summed E-state index contributed by atoms with van der Waals surface area (Å²) >= 11 is 3.48. The van der Waals surface area contributed by atoms with Crippen molar-refractivity contribution in [2.24, 2.45) is 5.73 Å². The van der Waals surface area contributed by atoms with E-state index in [0.29, 0.717) is 0 Å². The molecule has 2 aromatic carbocycles. The molecule has 19 heavy (non-hydrogen) atoms. The first-order valence-electron chi connectivity index (χ1n) is 6.19. The van der Waals surface area contributed by atoms with Gasteiger partial charge < -0.3 is 10.5 Å². The van der Waals surface area contributed by atoms with Crippen molar-refractivity contribution < 1.29 is 4.74 Å². The van der Waals surface area contributed by atoms with Crippen LogP contribution in [-0.4, -0.2) is 7.11 Å². The predicted molar refractivity (Wildman–Crippen MR) is 82.6 cm³/mol. The highest BCUT2D eigenvalue weighted by atomic mass is 79.9. The fraction of sp³-hybridized carbons (Fsp3) is 0.250. The number of hydrogen-bond donors (Lipinski definition) is 1. The largest absolute Gasteiger partial charge is 0.496 e. The molecule has 1 atom stereocenters. The smallest absolute Gasteiger partial charge is 0.124 e. The SMILES string of the molecule is COc1c(C)cc(C(N)c2cccc(Br)c2)cc1C. The molecule has 100 valence electrons. The van der Waals surface area contributed by atoms with Gasteiger partial charge in [-0.3, -0.25) is 0 Å². The molecule has 0 bridgehead atoms. The van der Waals surface area contributed by atoms with Crippen LogP contribution >= 0.6 is 15.9 Å². The highest BCUT2D eigenvalue weighted by Crippen LogP contribution is 2.29. The van der Waals surface area contributed by atoms with Crippen molar-refractivity contribution in [1.29, 1.82) is 0 Å². The molecule has 1 unspecified atom stereocenters. The van der Waals surface area contributed by atoms with E-state index >= 15 is 0 Å². The second kappa shape index (κ2) is 5.76. The van der Waals surface area contributed by atoms with Crippen LogP contribution in [0.1, 0.15) is 28.3 Å². The van der Waals surface area contributed by atoms with Gasteiger partial charge in [0.05, 0.1) is 13.2 Å². The lowest BCUT2D eigenvalue weighted by molar-refractivity contribution is 0.408. The van der Waals surface area contributed by atoms with Crippen LogP contribution in [0.4, 0.5) is 0 Å². The van der Waals surface area contributed by atoms with Gasteiger partial charge in [0.1, 0.15) is 5.75 Å². The van der Waals surface area contributed by atoms with Gasteiger partial charge in [-0.15, -0.1) is 0 Å². The number of benzene rings is 2. The van der Waals surface area contributed by atoms with Crippen LogP contribution in [0.25, 0.3) is 0 Å². The molecule has 0 amide bonds. The third-order valence-corrected chi connectivity index (χ3v) is 3.75. The molecular weight excluding hydrogens is 302 g/mol. The Hall–Kier alpha value is -1.32. The minimum Gasteiger partial charge on any atom is -0.496 e. The first kappa shape index (κ1) is 14.1. The fourth-order valence-electron chi connectivity index (χ4n) is 2.38. The number of ether oxygens (including phenoxy) is 1. The molecule has 2 aromatic rings. The van der Waals surface area contributed by atoms with Gasteiger partial charge in [0, 0.05) is 4.47 Å². The molecule has 0 spiro atoms. The maximum Gasteiger partial charge on any atom is 0.124 e. The molecule has 2 rings (SSSR count). The Morgan fingerprint density at radius 3 is 2.21 bits per heavy atom. The van der Waals surface area contributed by atoms with Gasteiger partial charge in [0.25, 0.3) is 0 Å². The molecule has 0 heterocycles. The molecule has 2 N–H and O–H groups in total. The molecule has 0 aliphatic carbocycles. The normalized spacial score (nSPS) is 12.3. The van der Waals surface area contributed by atoms with Crippen molar-refractivity contribution in [3.63, 3.8) is 0 Å². The topological polar surface area (TPSA) is 35.2 Å². The van der Waals surface area contributed by atoms with Crippen LogP contribution in [0.5, 0.6) is 5.75 Å². The van der Waals surface area contributed by atoms with Crippen LogP contribution < -0.4 is 10.5 Å². The first-order valence-corrected chi connectivity index (χ1v) is 6.98. The Morgan fingerprint density at radius 2 is 1.68 bits per heavy atom. The lowest BCUT2D eigenvalue weighted by Crippen LogP contribution is -2.12. The molecule has 0 saturated heterocycles. The maximum atomic E-state index is 6.35. The Kier molecular flexibility index (Phi) is 4.27. The Bertz CT molecular complexity index is 572. The summed E-state index contributed by atoms with van der Waals surface area (Å²) in [6, 6.07) is 12.2. The molecule has 0 radical (unpaired) electrons. The van der Waals surface area contributed by atoms with E-state index in [0.717, 1.165) is 32.5 Å². The third kappa shape index (κ3) is 2.99. The molecule has 0 saturated carbocycles. The minimum absolute atomic E-state index is 0.124. The first-order chi connectivity index (χ1) is 9.02. The van der Waals surface area contributed by atoms with Gasteiger partial charge in [-0.2, -0.15) is 0 Å². The lowest BCUT2D eigenvalue weighted by atomic mass is 9.96. The highest BCUT2D eigenvalue weighted by Gasteiger charge is 2.13. The lowest BCUT2D eigenvalue weighted by Gasteiger charge is -2.17. The van der Waals surface area contributed by atoms with E-state index in [1.54, 1.807) is 7.11 Å². The van der Waals surface area contributed by atoms with Crippen molar-refractivity contribution in [2.45, 2.75) is 19.9 Å². The van der Waals surface area contributed by atoms with Crippen molar-refractivity contribution in [3.05, 3.63) is 63.1 Å². The molecule has 0 aromatic heterocycles. The molecule has 3 heteroatoms. The van der Waals surface area contributed by atoms with E-state index < -0.39 is 0 Å². The molecular formula is C16H18BrNO. The second-order valence-electron chi connectivity index (χ2n) is 4.72. The molecule has 2 nitrogen and oxygen atoms in total. The zero-order valence-corrected chi connectivity index (χ0v) is 13.0. The average Bonchev–Trinajstić information content (AvgIpc) is 2.37. The van der Waals surface area contributed by atoms with Gasteiger partial charge in [0.2, 0.25) is 0 Å². The van der Waals surface area contributed by atoms with Crippen LogP contribution in [-0.2, 0) is 0 Å². The number of halogens is 1. The summed E-state index contributed by atoms with van der Waals surface area (Å²) in [4.78, 5) is 0. The van der Waals surface area contributed by atoms with Crippen LogP contribution in [0, 0.1) is 13.8 Å². The van der Waals surface area contributed by atoms with E-state index in [9.17, 15) is 0 Å². The quantitative estimate of drug-likeness (QED) is 0.923. The summed E-state index contributed by atoms with van der Waals surface area (Å²) in [7, 11) is 1.70.